The molecule has 2 nitrogen and oxygen atoms in total. The average Bonchev–Trinajstić information content (AvgIpc) is 2.61. The Kier molecular flexibility index (Phi) is 4.39. The smallest absolute Gasteiger partial charge is 0.403 e. The zero-order chi connectivity index (χ0) is 15.8. The Morgan fingerprint density at radius 1 is 0.955 bits per heavy atom. The van der Waals surface area contributed by atoms with Crippen LogP contribution in [0.2, 0.25) is 6.32 Å². The van der Waals surface area contributed by atoms with E-state index < -0.39 is 0 Å². The monoisotopic (exact) mass is 300 g/mol. The van der Waals surface area contributed by atoms with E-state index in [1.807, 2.05) is 0 Å². The highest BCUT2D eigenvalue weighted by atomic mass is 16.7. The second-order valence-corrected chi connectivity index (χ2v) is 8.15. The second-order valence-electron chi connectivity index (χ2n) is 8.15. The molecule has 0 atom stereocenters. The molecule has 3 rings (SSSR count). The molecule has 0 amide bonds. The molecule has 2 fully saturated rings. The highest BCUT2D eigenvalue weighted by molar-refractivity contribution is 6.45. The minimum Gasteiger partial charge on any atom is -0.403 e. The summed E-state index contributed by atoms with van der Waals surface area (Å²) in [6, 6.07) is 10.8. The SMILES string of the molecule is CC1(C)OB(CC2CC(CCc3ccccc3)C2)OC1(C)C. The van der Waals surface area contributed by atoms with Gasteiger partial charge in [0.2, 0.25) is 0 Å². The Balaban J connectivity index is 1.38. The fourth-order valence-electron chi connectivity index (χ4n) is 3.65. The first-order chi connectivity index (χ1) is 10.4. The van der Waals surface area contributed by atoms with Crippen molar-refractivity contribution in [1.82, 2.24) is 0 Å². The molecule has 22 heavy (non-hydrogen) atoms. The molecule has 120 valence electrons. The summed E-state index contributed by atoms with van der Waals surface area (Å²) in [7, 11) is -0.00919. The molecule has 1 aliphatic heterocycles. The lowest BCUT2D eigenvalue weighted by molar-refractivity contribution is 0.00578. The Labute approximate surface area is 135 Å². The van der Waals surface area contributed by atoms with E-state index in [0.717, 1.165) is 18.2 Å². The van der Waals surface area contributed by atoms with Crippen molar-refractivity contribution in [3.8, 4) is 0 Å². The summed E-state index contributed by atoms with van der Waals surface area (Å²) >= 11 is 0. The van der Waals surface area contributed by atoms with Gasteiger partial charge in [0, 0.05) is 0 Å². The van der Waals surface area contributed by atoms with Gasteiger partial charge >= 0.3 is 7.12 Å². The normalized spacial score (nSPS) is 29.4. The molecule has 1 aliphatic carbocycles. The number of hydrogen-bond donors (Lipinski definition) is 0. The maximum atomic E-state index is 6.11. The van der Waals surface area contributed by atoms with Gasteiger partial charge < -0.3 is 9.31 Å². The quantitative estimate of drug-likeness (QED) is 0.731. The first-order valence-corrected chi connectivity index (χ1v) is 8.75. The third kappa shape index (κ3) is 3.41. The molecule has 0 N–H and O–H groups in total. The van der Waals surface area contributed by atoms with Gasteiger partial charge in [-0.25, -0.2) is 0 Å². The van der Waals surface area contributed by atoms with Gasteiger partial charge in [-0.15, -0.1) is 0 Å². The maximum Gasteiger partial charge on any atom is 0.458 e. The zero-order valence-electron chi connectivity index (χ0n) is 14.5. The van der Waals surface area contributed by atoms with E-state index in [1.165, 1.54) is 31.2 Å². The Hall–Kier alpha value is -0.795. The van der Waals surface area contributed by atoms with Crippen LogP contribution < -0.4 is 0 Å². The van der Waals surface area contributed by atoms with Crippen molar-refractivity contribution in [3.05, 3.63) is 35.9 Å². The van der Waals surface area contributed by atoms with Crippen LogP contribution in [0, 0.1) is 11.8 Å². The lowest BCUT2D eigenvalue weighted by Crippen LogP contribution is -2.41. The second kappa shape index (κ2) is 6.01. The summed E-state index contributed by atoms with van der Waals surface area (Å²) < 4.78 is 12.2. The van der Waals surface area contributed by atoms with Crippen LogP contribution in [-0.4, -0.2) is 18.3 Å². The predicted molar refractivity (Wildman–Crippen MR) is 91.9 cm³/mol. The molecular weight excluding hydrogens is 271 g/mol. The van der Waals surface area contributed by atoms with Crippen molar-refractivity contribution in [2.24, 2.45) is 11.8 Å². The summed E-state index contributed by atoms with van der Waals surface area (Å²) in [6.07, 6.45) is 6.29. The number of benzene rings is 1. The number of rotatable bonds is 5. The topological polar surface area (TPSA) is 18.5 Å². The predicted octanol–water partition coefficient (Wildman–Crippen LogP) is 4.74. The van der Waals surface area contributed by atoms with Crippen molar-refractivity contribution in [2.45, 2.75) is 70.9 Å². The van der Waals surface area contributed by atoms with E-state index in [4.69, 9.17) is 9.31 Å². The third-order valence-electron chi connectivity index (χ3n) is 5.85. The molecule has 0 spiro atoms. The molecule has 0 bridgehead atoms. The van der Waals surface area contributed by atoms with Crippen LogP contribution in [0.4, 0.5) is 0 Å². The van der Waals surface area contributed by atoms with Crippen LogP contribution in [0.1, 0.15) is 52.5 Å². The summed E-state index contributed by atoms with van der Waals surface area (Å²) in [5.41, 5.74) is 1.10. The first kappa shape index (κ1) is 16.1. The average molecular weight is 300 g/mol. The molecule has 3 heteroatoms. The zero-order valence-corrected chi connectivity index (χ0v) is 14.5. The molecule has 1 saturated heterocycles. The fraction of sp³-hybridized carbons (Fsp3) is 0.684. The highest BCUT2D eigenvalue weighted by Crippen LogP contribution is 2.44. The van der Waals surface area contributed by atoms with Gasteiger partial charge in [0.15, 0.2) is 0 Å². The van der Waals surface area contributed by atoms with Crippen LogP contribution in [0.5, 0.6) is 0 Å². The van der Waals surface area contributed by atoms with Crippen LogP contribution in [-0.2, 0) is 15.7 Å². The van der Waals surface area contributed by atoms with Crippen molar-refractivity contribution in [1.29, 1.82) is 0 Å². The number of aryl methyl sites for hydroxylation is 1. The highest BCUT2D eigenvalue weighted by Gasteiger charge is 2.51. The third-order valence-corrected chi connectivity index (χ3v) is 5.85. The Morgan fingerprint density at radius 3 is 2.14 bits per heavy atom. The maximum absolute atomic E-state index is 6.11. The molecule has 1 aromatic rings. The van der Waals surface area contributed by atoms with Crippen molar-refractivity contribution in [2.75, 3.05) is 0 Å². The van der Waals surface area contributed by atoms with Gasteiger partial charge in [-0.05, 0) is 77.1 Å². The summed E-state index contributed by atoms with van der Waals surface area (Å²) in [5, 5.41) is 0. The molecule has 1 saturated carbocycles. The van der Waals surface area contributed by atoms with Gasteiger partial charge in [-0.3, -0.25) is 0 Å². The van der Waals surface area contributed by atoms with Crippen LogP contribution in [0.3, 0.4) is 0 Å². The molecular formula is C19H29BO2. The Morgan fingerprint density at radius 2 is 1.55 bits per heavy atom. The molecule has 1 aromatic carbocycles. The standard InChI is InChI=1S/C19H29BO2/c1-18(2)19(3,4)22-20(21-18)14-17-12-16(13-17)11-10-15-8-6-5-7-9-15/h5-9,16-17H,10-14H2,1-4H3. The summed E-state index contributed by atoms with van der Waals surface area (Å²) in [4.78, 5) is 0. The van der Waals surface area contributed by atoms with Gasteiger partial charge in [0.1, 0.15) is 0 Å². The van der Waals surface area contributed by atoms with Crippen LogP contribution in [0.15, 0.2) is 30.3 Å². The summed E-state index contributed by atoms with van der Waals surface area (Å²) in [6.45, 7) is 8.54. The summed E-state index contributed by atoms with van der Waals surface area (Å²) in [5.74, 6) is 1.68. The lowest BCUT2D eigenvalue weighted by atomic mass is 9.63. The Bertz CT molecular complexity index is 475. The number of hydrogen-bond acceptors (Lipinski definition) is 2. The lowest BCUT2D eigenvalue weighted by Gasteiger charge is -2.36. The van der Waals surface area contributed by atoms with E-state index in [2.05, 4.69) is 58.0 Å². The molecule has 0 radical (unpaired) electrons. The van der Waals surface area contributed by atoms with Gasteiger partial charge in [-0.2, -0.15) is 0 Å². The largest absolute Gasteiger partial charge is 0.458 e. The van der Waals surface area contributed by atoms with Gasteiger partial charge in [-0.1, -0.05) is 30.3 Å². The van der Waals surface area contributed by atoms with Crippen molar-refractivity contribution >= 4 is 7.12 Å². The van der Waals surface area contributed by atoms with Crippen molar-refractivity contribution in [3.63, 3.8) is 0 Å². The molecule has 0 aromatic heterocycles. The van der Waals surface area contributed by atoms with E-state index in [9.17, 15) is 0 Å². The first-order valence-electron chi connectivity index (χ1n) is 8.75. The van der Waals surface area contributed by atoms with E-state index in [-0.39, 0.29) is 18.3 Å². The van der Waals surface area contributed by atoms with Gasteiger partial charge in [0.05, 0.1) is 11.2 Å². The van der Waals surface area contributed by atoms with E-state index >= 15 is 0 Å². The molecule has 1 heterocycles. The van der Waals surface area contributed by atoms with Crippen molar-refractivity contribution < 1.29 is 9.31 Å². The fourth-order valence-corrected chi connectivity index (χ4v) is 3.65. The molecule has 0 unspecified atom stereocenters. The molecule has 2 aliphatic rings. The van der Waals surface area contributed by atoms with Crippen LogP contribution in [0.25, 0.3) is 0 Å². The minimum atomic E-state index is -0.186. The van der Waals surface area contributed by atoms with E-state index in [1.54, 1.807) is 0 Å². The minimum absolute atomic E-state index is 0.00919. The van der Waals surface area contributed by atoms with Crippen LogP contribution >= 0.6 is 0 Å². The van der Waals surface area contributed by atoms with Gasteiger partial charge in [0.25, 0.3) is 0 Å². The van der Waals surface area contributed by atoms with E-state index in [0.29, 0.717) is 0 Å².